The molecule has 1 unspecified atom stereocenters. The van der Waals surface area contributed by atoms with E-state index in [9.17, 15) is 23.1 Å². The summed E-state index contributed by atoms with van der Waals surface area (Å²) in [6.45, 7) is 3.36. The summed E-state index contributed by atoms with van der Waals surface area (Å²) in [5.41, 5.74) is -2.01. The lowest BCUT2D eigenvalue weighted by Gasteiger charge is -2.14. The summed E-state index contributed by atoms with van der Waals surface area (Å²) in [5, 5.41) is 18.3. The summed E-state index contributed by atoms with van der Waals surface area (Å²) < 4.78 is 38.8. The molecule has 0 aliphatic rings. The van der Waals surface area contributed by atoms with Crippen molar-refractivity contribution in [1.29, 1.82) is 0 Å². The fourth-order valence-corrected chi connectivity index (χ4v) is 1.44. The monoisotopic (exact) mass is 265 g/mol. The van der Waals surface area contributed by atoms with E-state index < -0.39 is 29.4 Å². The highest BCUT2D eigenvalue weighted by Crippen LogP contribution is 2.32. The molecule has 7 heteroatoms. The van der Waals surface area contributed by atoms with E-state index in [0.29, 0.717) is 6.20 Å². The Kier molecular flexibility index (Phi) is 4.05. The van der Waals surface area contributed by atoms with Crippen molar-refractivity contribution in [2.75, 3.05) is 0 Å². The Labute approximate surface area is 102 Å². The van der Waals surface area contributed by atoms with E-state index in [1.165, 1.54) is 0 Å². The molecule has 0 spiro atoms. The van der Waals surface area contributed by atoms with Crippen molar-refractivity contribution in [2.24, 2.45) is 5.92 Å². The Morgan fingerprint density at radius 3 is 2.28 bits per heavy atom. The van der Waals surface area contributed by atoms with Gasteiger partial charge in [-0.2, -0.15) is 13.2 Å². The second kappa shape index (κ2) is 5.01. The SMILES string of the molecule is CC(C)C(O)Cn1cc(C(=O)O)c(C(F)(F)F)c1. The molecule has 1 heterocycles. The zero-order valence-corrected chi connectivity index (χ0v) is 9.90. The zero-order valence-electron chi connectivity index (χ0n) is 9.90. The summed E-state index contributed by atoms with van der Waals surface area (Å²) in [6, 6.07) is 0. The van der Waals surface area contributed by atoms with Crippen LogP contribution in [-0.2, 0) is 12.7 Å². The van der Waals surface area contributed by atoms with Crippen LogP contribution >= 0.6 is 0 Å². The van der Waals surface area contributed by atoms with Crippen LogP contribution in [-0.4, -0.2) is 26.9 Å². The first-order valence-electron chi connectivity index (χ1n) is 5.31. The Morgan fingerprint density at radius 1 is 1.39 bits per heavy atom. The van der Waals surface area contributed by atoms with Crippen molar-refractivity contribution in [3.63, 3.8) is 0 Å². The summed E-state index contributed by atoms with van der Waals surface area (Å²) in [4.78, 5) is 10.7. The number of aliphatic hydroxyl groups excluding tert-OH is 1. The third-order valence-electron chi connectivity index (χ3n) is 2.58. The maximum atomic E-state index is 12.6. The Hall–Kier alpha value is -1.50. The van der Waals surface area contributed by atoms with Gasteiger partial charge in [-0.25, -0.2) is 4.79 Å². The molecule has 0 saturated carbocycles. The minimum Gasteiger partial charge on any atom is -0.478 e. The number of hydrogen-bond donors (Lipinski definition) is 2. The fourth-order valence-electron chi connectivity index (χ4n) is 1.44. The second-order valence-corrected chi connectivity index (χ2v) is 4.40. The van der Waals surface area contributed by atoms with Crippen molar-refractivity contribution in [3.05, 3.63) is 23.5 Å². The average Bonchev–Trinajstić information content (AvgIpc) is 2.60. The van der Waals surface area contributed by atoms with Crippen LogP contribution in [0.3, 0.4) is 0 Å². The number of aromatic carboxylic acids is 1. The Bertz CT molecular complexity index is 437. The third kappa shape index (κ3) is 3.25. The number of aliphatic hydroxyl groups is 1. The van der Waals surface area contributed by atoms with Crippen molar-refractivity contribution in [2.45, 2.75) is 32.7 Å². The Balaban J connectivity index is 3.07. The van der Waals surface area contributed by atoms with E-state index in [1.807, 2.05) is 0 Å². The van der Waals surface area contributed by atoms with Gasteiger partial charge in [0.15, 0.2) is 0 Å². The highest BCUT2D eigenvalue weighted by Gasteiger charge is 2.37. The number of halogens is 3. The molecule has 1 atom stereocenters. The average molecular weight is 265 g/mol. The third-order valence-corrected chi connectivity index (χ3v) is 2.58. The van der Waals surface area contributed by atoms with E-state index in [2.05, 4.69) is 0 Å². The van der Waals surface area contributed by atoms with Crippen LogP contribution in [0.5, 0.6) is 0 Å². The van der Waals surface area contributed by atoms with Crippen LogP contribution in [0.2, 0.25) is 0 Å². The first-order valence-corrected chi connectivity index (χ1v) is 5.31. The van der Waals surface area contributed by atoms with Crippen molar-refractivity contribution in [1.82, 2.24) is 4.57 Å². The smallest absolute Gasteiger partial charge is 0.418 e. The molecule has 0 aliphatic heterocycles. The van der Waals surface area contributed by atoms with E-state index in [-0.39, 0.29) is 12.5 Å². The number of alkyl halides is 3. The van der Waals surface area contributed by atoms with Crippen molar-refractivity contribution >= 4 is 5.97 Å². The molecule has 2 N–H and O–H groups in total. The molecule has 0 aliphatic carbocycles. The molecule has 0 amide bonds. The highest BCUT2D eigenvalue weighted by molar-refractivity contribution is 5.89. The fraction of sp³-hybridized carbons (Fsp3) is 0.545. The number of carbonyl (C=O) groups is 1. The van der Waals surface area contributed by atoms with Crippen molar-refractivity contribution < 1.29 is 28.2 Å². The predicted octanol–water partition coefficient (Wildman–Crippen LogP) is 2.22. The summed E-state index contributed by atoms with van der Waals surface area (Å²) >= 11 is 0. The number of carboxylic acids is 1. The minimum atomic E-state index is -4.72. The number of hydrogen-bond acceptors (Lipinski definition) is 2. The number of aromatic nitrogens is 1. The normalized spacial score (nSPS) is 13.9. The van der Waals surface area contributed by atoms with Gasteiger partial charge in [-0.15, -0.1) is 0 Å². The molecular formula is C11H14F3NO3. The molecule has 0 fully saturated rings. The Morgan fingerprint density at radius 2 is 1.94 bits per heavy atom. The molecule has 102 valence electrons. The van der Waals surface area contributed by atoms with E-state index in [1.54, 1.807) is 13.8 Å². The van der Waals surface area contributed by atoms with E-state index in [4.69, 9.17) is 5.11 Å². The highest BCUT2D eigenvalue weighted by atomic mass is 19.4. The van der Waals surface area contributed by atoms with Gasteiger partial charge in [-0.1, -0.05) is 13.8 Å². The van der Waals surface area contributed by atoms with Gasteiger partial charge >= 0.3 is 12.1 Å². The molecule has 0 radical (unpaired) electrons. The van der Waals surface area contributed by atoms with E-state index >= 15 is 0 Å². The standard InChI is InChI=1S/C11H14F3NO3/c1-6(2)9(16)5-15-3-7(10(17)18)8(4-15)11(12,13)14/h3-4,6,9,16H,5H2,1-2H3,(H,17,18). The van der Waals surface area contributed by atoms with Crippen LogP contribution in [0, 0.1) is 5.92 Å². The van der Waals surface area contributed by atoms with Crippen LogP contribution in [0.25, 0.3) is 0 Å². The van der Waals surface area contributed by atoms with Gasteiger partial charge in [-0.05, 0) is 5.92 Å². The molecule has 1 aromatic heterocycles. The van der Waals surface area contributed by atoms with Crippen molar-refractivity contribution in [3.8, 4) is 0 Å². The maximum Gasteiger partial charge on any atom is 0.418 e. The summed E-state index contributed by atoms with van der Waals surface area (Å²) in [6.07, 6.45) is -3.96. The van der Waals surface area contributed by atoms with Gasteiger partial charge in [0.1, 0.15) is 0 Å². The summed E-state index contributed by atoms with van der Waals surface area (Å²) in [7, 11) is 0. The van der Waals surface area contributed by atoms with Gasteiger partial charge in [0.2, 0.25) is 0 Å². The van der Waals surface area contributed by atoms with E-state index in [0.717, 1.165) is 10.8 Å². The zero-order chi connectivity index (χ0) is 14.1. The molecule has 1 rings (SSSR count). The first kappa shape index (κ1) is 14.6. The molecule has 4 nitrogen and oxygen atoms in total. The molecule has 0 bridgehead atoms. The quantitative estimate of drug-likeness (QED) is 0.877. The van der Waals surface area contributed by atoms with Gasteiger partial charge in [-0.3, -0.25) is 0 Å². The second-order valence-electron chi connectivity index (χ2n) is 4.40. The predicted molar refractivity (Wildman–Crippen MR) is 57.2 cm³/mol. The van der Waals surface area contributed by atoms with Gasteiger partial charge in [0.25, 0.3) is 0 Å². The molecule has 0 aromatic carbocycles. The number of carboxylic acid groups (broad SMARTS) is 1. The van der Waals surface area contributed by atoms with Crippen LogP contribution in [0.1, 0.15) is 29.8 Å². The number of rotatable bonds is 4. The number of nitrogens with zero attached hydrogens (tertiary/aromatic N) is 1. The topological polar surface area (TPSA) is 62.5 Å². The minimum absolute atomic E-state index is 0.0754. The van der Waals surface area contributed by atoms with Gasteiger partial charge < -0.3 is 14.8 Å². The largest absolute Gasteiger partial charge is 0.478 e. The molecular weight excluding hydrogens is 251 g/mol. The lowest BCUT2D eigenvalue weighted by Crippen LogP contribution is -2.21. The molecule has 18 heavy (non-hydrogen) atoms. The molecule has 1 aromatic rings. The first-order chi connectivity index (χ1) is 8.12. The molecule has 0 saturated heterocycles. The summed E-state index contributed by atoms with van der Waals surface area (Å²) in [5.74, 6) is -1.77. The maximum absolute atomic E-state index is 12.6. The van der Waals surface area contributed by atoms with Crippen LogP contribution in [0.4, 0.5) is 13.2 Å². The van der Waals surface area contributed by atoms with Gasteiger partial charge in [0, 0.05) is 18.9 Å². The van der Waals surface area contributed by atoms with Gasteiger partial charge in [0.05, 0.1) is 17.2 Å². The van der Waals surface area contributed by atoms with Crippen LogP contribution < -0.4 is 0 Å². The lowest BCUT2D eigenvalue weighted by molar-refractivity contribution is -0.138. The van der Waals surface area contributed by atoms with Crippen LogP contribution in [0.15, 0.2) is 12.4 Å². The lowest BCUT2D eigenvalue weighted by atomic mass is 10.1.